The molecule has 1 rings (SSSR count). The highest BCUT2D eigenvalue weighted by Crippen LogP contribution is 2.24. The van der Waals surface area contributed by atoms with Crippen molar-refractivity contribution in [1.82, 2.24) is 5.32 Å². The Balaban J connectivity index is 2.62. The fraction of sp³-hybridized carbons (Fsp3) is 0.588. The number of amides is 2. The fourth-order valence-electron chi connectivity index (χ4n) is 2.72. The molecule has 0 bridgehead atoms. The lowest BCUT2D eigenvalue weighted by molar-refractivity contribution is -0.135. The molecular weight excluding hydrogens is 282 g/mol. The molecule has 0 aromatic carbocycles. The highest BCUT2D eigenvalue weighted by molar-refractivity contribution is 5.97. The van der Waals surface area contributed by atoms with Crippen molar-refractivity contribution in [2.45, 2.75) is 46.1 Å². The van der Waals surface area contributed by atoms with Crippen molar-refractivity contribution in [2.75, 3.05) is 0 Å². The van der Waals surface area contributed by atoms with Gasteiger partial charge in [-0.25, -0.2) is 0 Å². The second-order valence-corrected chi connectivity index (χ2v) is 6.14. The second kappa shape index (κ2) is 8.03. The zero-order chi connectivity index (χ0) is 16.9. The summed E-state index contributed by atoms with van der Waals surface area (Å²) in [6.07, 6.45) is 3.36. The van der Waals surface area contributed by atoms with Gasteiger partial charge in [-0.1, -0.05) is 38.2 Å². The molecule has 1 aliphatic heterocycles. The van der Waals surface area contributed by atoms with Gasteiger partial charge in [0.2, 0.25) is 11.8 Å². The Kier molecular flexibility index (Phi) is 6.68. The molecule has 22 heavy (non-hydrogen) atoms. The van der Waals surface area contributed by atoms with Crippen LogP contribution in [0.1, 0.15) is 40.0 Å². The van der Waals surface area contributed by atoms with E-state index in [9.17, 15) is 19.5 Å². The van der Waals surface area contributed by atoms with Crippen LogP contribution in [0.25, 0.3) is 0 Å². The van der Waals surface area contributed by atoms with E-state index < -0.39 is 12.0 Å². The lowest BCUT2D eigenvalue weighted by Crippen LogP contribution is -2.40. The zero-order valence-electron chi connectivity index (χ0n) is 13.5. The summed E-state index contributed by atoms with van der Waals surface area (Å²) in [6.45, 7) is 8.98. The summed E-state index contributed by atoms with van der Waals surface area (Å²) >= 11 is 0. The number of hydrogen-bond acceptors (Lipinski definition) is 4. The van der Waals surface area contributed by atoms with E-state index in [4.69, 9.17) is 0 Å². The maximum Gasteiger partial charge on any atom is 0.226 e. The predicted octanol–water partition coefficient (Wildman–Crippen LogP) is 1.76. The number of piperidine rings is 1. The van der Waals surface area contributed by atoms with Gasteiger partial charge in [0.05, 0.1) is 6.10 Å². The highest BCUT2D eigenvalue weighted by atomic mass is 16.3. The van der Waals surface area contributed by atoms with Gasteiger partial charge in [-0.2, -0.15) is 0 Å². The molecule has 5 heteroatoms. The van der Waals surface area contributed by atoms with Crippen molar-refractivity contribution in [3.05, 3.63) is 24.3 Å². The van der Waals surface area contributed by atoms with Crippen molar-refractivity contribution in [3.63, 3.8) is 0 Å². The number of aliphatic hydroxyl groups is 1. The SMILES string of the molecule is C=C/C(C)=C\[C@H](C)C(=O)C(C)[C@H](O)CC1CC(=O)NC(=O)C1. The van der Waals surface area contributed by atoms with Gasteiger partial charge in [-0.05, 0) is 19.3 Å². The van der Waals surface area contributed by atoms with Gasteiger partial charge in [0.1, 0.15) is 5.78 Å². The number of nitrogens with one attached hydrogen (secondary N) is 1. The molecule has 0 saturated carbocycles. The van der Waals surface area contributed by atoms with E-state index >= 15 is 0 Å². The Morgan fingerprint density at radius 2 is 1.91 bits per heavy atom. The van der Waals surface area contributed by atoms with Gasteiger partial charge in [0, 0.05) is 24.7 Å². The summed E-state index contributed by atoms with van der Waals surface area (Å²) in [5.74, 6) is -1.73. The van der Waals surface area contributed by atoms with E-state index in [1.807, 2.05) is 13.0 Å². The first-order valence-corrected chi connectivity index (χ1v) is 7.59. The highest BCUT2D eigenvalue weighted by Gasteiger charge is 2.31. The minimum absolute atomic E-state index is 0.0553. The standard InChI is InChI=1S/C17H25NO4/c1-5-10(2)6-11(3)17(22)12(4)14(19)7-13-8-15(20)18-16(21)9-13/h5-6,11-14,19H,1,7-9H2,2-4H3,(H,18,20,21)/b10-6-/t11-,12?,14+/m0/s1. The first-order valence-electron chi connectivity index (χ1n) is 7.59. The Morgan fingerprint density at radius 1 is 1.36 bits per heavy atom. The van der Waals surface area contributed by atoms with E-state index in [1.165, 1.54) is 0 Å². The minimum Gasteiger partial charge on any atom is -0.392 e. The Hall–Kier alpha value is -1.75. The first kappa shape index (κ1) is 18.3. The number of ketones is 1. The van der Waals surface area contributed by atoms with E-state index in [0.29, 0.717) is 0 Å². The van der Waals surface area contributed by atoms with E-state index in [1.54, 1.807) is 19.9 Å². The van der Waals surface area contributed by atoms with Crippen LogP contribution in [-0.2, 0) is 14.4 Å². The third-order valence-corrected chi connectivity index (χ3v) is 4.11. The average Bonchev–Trinajstić information content (AvgIpc) is 2.44. The molecule has 0 aromatic heterocycles. The maximum atomic E-state index is 12.3. The van der Waals surface area contributed by atoms with Crippen molar-refractivity contribution < 1.29 is 19.5 Å². The number of carbonyl (C=O) groups excluding carboxylic acids is 3. The largest absolute Gasteiger partial charge is 0.392 e. The maximum absolute atomic E-state index is 12.3. The molecule has 1 aliphatic rings. The topological polar surface area (TPSA) is 83.5 Å². The third kappa shape index (κ3) is 5.22. The van der Waals surface area contributed by atoms with E-state index in [0.717, 1.165) is 5.57 Å². The van der Waals surface area contributed by atoms with E-state index in [-0.39, 0.29) is 48.7 Å². The molecule has 1 unspecified atom stereocenters. The van der Waals surface area contributed by atoms with Crippen LogP contribution in [0.2, 0.25) is 0 Å². The third-order valence-electron chi connectivity index (χ3n) is 4.11. The minimum atomic E-state index is -0.851. The fourth-order valence-corrected chi connectivity index (χ4v) is 2.72. The Labute approximate surface area is 131 Å². The first-order chi connectivity index (χ1) is 10.2. The number of aliphatic hydroxyl groups excluding tert-OH is 1. The van der Waals surface area contributed by atoms with Crippen LogP contribution in [0, 0.1) is 17.8 Å². The number of carbonyl (C=O) groups is 3. The zero-order valence-corrected chi connectivity index (χ0v) is 13.5. The normalized spacial score (nSPS) is 21.0. The molecule has 1 fully saturated rings. The monoisotopic (exact) mass is 307 g/mol. The molecule has 1 heterocycles. The van der Waals surface area contributed by atoms with Crippen LogP contribution in [0.4, 0.5) is 0 Å². The summed E-state index contributed by atoms with van der Waals surface area (Å²) in [5, 5.41) is 12.5. The summed E-state index contributed by atoms with van der Waals surface area (Å²) in [5.41, 5.74) is 0.914. The molecular formula is C17H25NO4. The summed E-state index contributed by atoms with van der Waals surface area (Å²) in [6, 6.07) is 0. The van der Waals surface area contributed by atoms with Crippen molar-refractivity contribution in [1.29, 1.82) is 0 Å². The van der Waals surface area contributed by atoms with Crippen LogP contribution in [-0.4, -0.2) is 28.8 Å². The molecule has 1 saturated heterocycles. The molecule has 2 amide bonds. The van der Waals surface area contributed by atoms with E-state index in [2.05, 4.69) is 11.9 Å². The molecule has 122 valence electrons. The molecule has 2 N–H and O–H groups in total. The quantitative estimate of drug-likeness (QED) is 0.554. The van der Waals surface area contributed by atoms with Gasteiger partial charge in [-0.3, -0.25) is 19.7 Å². The molecule has 0 radical (unpaired) electrons. The number of allylic oxidation sites excluding steroid dienone is 3. The Bertz CT molecular complexity index is 479. The number of hydrogen-bond donors (Lipinski definition) is 2. The van der Waals surface area contributed by atoms with Crippen LogP contribution < -0.4 is 5.32 Å². The predicted molar refractivity (Wildman–Crippen MR) is 83.8 cm³/mol. The van der Waals surface area contributed by atoms with Crippen LogP contribution >= 0.6 is 0 Å². The number of rotatable bonds is 7. The van der Waals surface area contributed by atoms with Crippen molar-refractivity contribution in [2.24, 2.45) is 17.8 Å². The van der Waals surface area contributed by atoms with Gasteiger partial charge >= 0.3 is 0 Å². The summed E-state index contributed by atoms with van der Waals surface area (Å²) in [4.78, 5) is 35.0. The molecule has 0 aromatic rings. The molecule has 0 aliphatic carbocycles. The molecule has 5 nitrogen and oxygen atoms in total. The smallest absolute Gasteiger partial charge is 0.226 e. The van der Waals surface area contributed by atoms with Gasteiger partial charge < -0.3 is 5.11 Å². The van der Waals surface area contributed by atoms with Gasteiger partial charge in [0.25, 0.3) is 0 Å². The average molecular weight is 307 g/mol. The second-order valence-electron chi connectivity index (χ2n) is 6.14. The van der Waals surface area contributed by atoms with Crippen molar-refractivity contribution >= 4 is 17.6 Å². The summed E-state index contributed by atoms with van der Waals surface area (Å²) < 4.78 is 0. The van der Waals surface area contributed by atoms with Crippen LogP contribution in [0.5, 0.6) is 0 Å². The van der Waals surface area contributed by atoms with Crippen molar-refractivity contribution in [3.8, 4) is 0 Å². The summed E-state index contributed by atoms with van der Waals surface area (Å²) in [7, 11) is 0. The lowest BCUT2D eigenvalue weighted by atomic mass is 9.83. The molecule has 3 atom stereocenters. The van der Waals surface area contributed by atoms with Gasteiger partial charge in [0.15, 0.2) is 0 Å². The number of imide groups is 1. The lowest BCUT2D eigenvalue weighted by Gasteiger charge is -2.26. The Morgan fingerprint density at radius 3 is 2.41 bits per heavy atom. The van der Waals surface area contributed by atoms with Gasteiger partial charge in [-0.15, -0.1) is 0 Å². The number of Topliss-reactive ketones (excluding diaryl/α,β-unsaturated/α-hetero) is 1. The van der Waals surface area contributed by atoms with Crippen LogP contribution in [0.3, 0.4) is 0 Å². The van der Waals surface area contributed by atoms with Crippen LogP contribution in [0.15, 0.2) is 24.3 Å². The molecule has 0 spiro atoms.